The molecule has 0 fully saturated rings. The van der Waals surface area contributed by atoms with Gasteiger partial charge in [-0.05, 0) is 42.8 Å². The summed E-state index contributed by atoms with van der Waals surface area (Å²) in [5, 5.41) is 7.65. The zero-order chi connectivity index (χ0) is 20.2. The van der Waals surface area contributed by atoms with Gasteiger partial charge >= 0.3 is 6.03 Å². The van der Waals surface area contributed by atoms with E-state index in [0.717, 1.165) is 35.7 Å². The first-order chi connectivity index (χ1) is 14.2. The number of furan rings is 1. The third kappa shape index (κ3) is 4.06. The Morgan fingerprint density at radius 3 is 2.79 bits per heavy atom. The third-order valence-corrected chi connectivity index (χ3v) is 4.97. The molecule has 2 amide bonds. The molecule has 152 valence electrons. The average Bonchev–Trinajstić information content (AvgIpc) is 3.37. The highest BCUT2D eigenvalue weighted by atomic mass is 16.5. The van der Waals surface area contributed by atoms with Crippen molar-refractivity contribution in [2.45, 2.75) is 26.1 Å². The SMILES string of the molecule is COc1ccc(-c2cc3n(n2)CCCN(C(=O)NCc2ccco2)C3)cc1OC. The van der Waals surface area contributed by atoms with Crippen LogP contribution in [0.4, 0.5) is 4.79 Å². The second-order valence-electron chi connectivity index (χ2n) is 6.83. The summed E-state index contributed by atoms with van der Waals surface area (Å²) in [5.41, 5.74) is 2.79. The van der Waals surface area contributed by atoms with Crippen molar-refractivity contribution in [2.75, 3.05) is 20.8 Å². The number of benzene rings is 1. The standard InChI is InChI=1S/C21H24N4O4/c1-27-19-7-6-15(11-20(19)28-2)18-12-16-14-24(8-4-9-25(16)23-18)21(26)22-13-17-5-3-10-29-17/h3,5-7,10-12H,4,8-9,13-14H2,1-2H3,(H,22,26). The van der Waals surface area contributed by atoms with Crippen molar-refractivity contribution in [3.05, 3.63) is 54.1 Å². The number of fused-ring (bicyclic) bond motifs is 1. The molecule has 4 rings (SSSR count). The van der Waals surface area contributed by atoms with Crippen molar-refractivity contribution in [1.82, 2.24) is 20.0 Å². The van der Waals surface area contributed by atoms with Crippen molar-refractivity contribution in [2.24, 2.45) is 0 Å². The Labute approximate surface area is 169 Å². The van der Waals surface area contributed by atoms with Crippen LogP contribution in [0.15, 0.2) is 47.1 Å². The van der Waals surface area contributed by atoms with Gasteiger partial charge in [-0.3, -0.25) is 4.68 Å². The van der Waals surface area contributed by atoms with Crippen LogP contribution in [0.3, 0.4) is 0 Å². The molecule has 0 saturated carbocycles. The summed E-state index contributed by atoms with van der Waals surface area (Å²) in [6.45, 7) is 2.33. The van der Waals surface area contributed by atoms with Gasteiger partial charge in [-0.2, -0.15) is 5.10 Å². The maximum Gasteiger partial charge on any atom is 0.318 e. The molecule has 3 aromatic rings. The molecule has 1 aromatic carbocycles. The third-order valence-electron chi connectivity index (χ3n) is 4.97. The summed E-state index contributed by atoms with van der Waals surface area (Å²) < 4.78 is 18.0. The molecule has 0 saturated heterocycles. The van der Waals surface area contributed by atoms with Crippen LogP contribution in [0.2, 0.25) is 0 Å². The number of methoxy groups -OCH3 is 2. The minimum Gasteiger partial charge on any atom is -0.493 e. The van der Waals surface area contributed by atoms with Crippen molar-refractivity contribution >= 4 is 6.03 Å². The Bertz CT molecular complexity index is 981. The molecule has 2 aromatic heterocycles. The van der Waals surface area contributed by atoms with Gasteiger partial charge in [0.05, 0.1) is 45.0 Å². The first kappa shape index (κ1) is 18.9. The number of ether oxygens (including phenoxy) is 2. The largest absolute Gasteiger partial charge is 0.493 e. The maximum absolute atomic E-state index is 12.6. The van der Waals surface area contributed by atoms with Crippen molar-refractivity contribution in [3.63, 3.8) is 0 Å². The molecule has 0 spiro atoms. The summed E-state index contributed by atoms with van der Waals surface area (Å²) >= 11 is 0. The summed E-state index contributed by atoms with van der Waals surface area (Å²) in [6, 6.07) is 11.3. The van der Waals surface area contributed by atoms with E-state index in [9.17, 15) is 4.79 Å². The lowest BCUT2D eigenvalue weighted by Gasteiger charge is -2.20. The van der Waals surface area contributed by atoms with Crippen LogP contribution in [0, 0.1) is 0 Å². The van der Waals surface area contributed by atoms with Gasteiger partial charge in [0.2, 0.25) is 0 Å². The Kier molecular flexibility index (Phi) is 5.41. The van der Waals surface area contributed by atoms with Crippen LogP contribution in [-0.4, -0.2) is 41.5 Å². The first-order valence-electron chi connectivity index (χ1n) is 9.52. The molecule has 0 atom stereocenters. The van der Waals surface area contributed by atoms with Crippen LogP contribution >= 0.6 is 0 Å². The van der Waals surface area contributed by atoms with E-state index < -0.39 is 0 Å². The minimum atomic E-state index is -0.108. The van der Waals surface area contributed by atoms with Gasteiger partial charge in [0.1, 0.15) is 5.76 Å². The number of hydrogen-bond acceptors (Lipinski definition) is 5. The number of amides is 2. The second kappa shape index (κ2) is 8.30. The lowest BCUT2D eigenvalue weighted by molar-refractivity contribution is 0.194. The van der Waals surface area contributed by atoms with Gasteiger partial charge in [0, 0.05) is 18.7 Å². The van der Waals surface area contributed by atoms with Gasteiger partial charge in [-0.15, -0.1) is 0 Å². The number of rotatable bonds is 5. The Balaban J connectivity index is 1.50. The summed E-state index contributed by atoms with van der Waals surface area (Å²) in [5.74, 6) is 2.07. The van der Waals surface area contributed by atoms with Crippen molar-refractivity contribution in [3.8, 4) is 22.8 Å². The lowest BCUT2D eigenvalue weighted by Crippen LogP contribution is -2.39. The highest BCUT2D eigenvalue weighted by Gasteiger charge is 2.21. The molecular weight excluding hydrogens is 372 g/mol. The fourth-order valence-electron chi connectivity index (χ4n) is 3.46. The number of carbonyl (C=O) groups excluding carboxylic acids is 1. The predicted molar refractivity (Wildman–Crippen MR) is 107 cm³/mol. The maximum atomic E-state index is 12.6. The topological polar surface area (TPSA) is 81.8 Å². The number of urea groups is 1. The molecule has 8 nitrogen and oxygen atoms in total. The number of aromatic nitrogens is 2. The van der Waals surface area contributed by atoms with E-state index >= 15 is 0 Å². The number of nitrogens with zero attached hydrogens (tertiary/aromatic N) is 3. The normalized spacial score (nSPS) is 13.5. The van der Waals surface area contributed by atoms with E-state index in [1.54, 1.807) is 20.5 Å². The highest BCUT2D eigenvalue weighted by molar-refractivity contribution is 5.74. The average molecular weight is 396 g/mol. The zero-order valence-electron chi connectivity index (χ0n) is 16.6. The van der Waals surface area contributed by atoms with Gasteiger partial charge in [0.15, 0.2) is 11.5 Å². The number of nitrogens with one attached hydrogen (secondary N) is 1. The molecular formula is C21H24N4O4. The van der Waals surface area contributed by atoms with E-state index in [1.807, 2.05) is 46.0 Å². The van der Waals surface area contributed by atoms with Gasteiger partial charge < -0.3 is 24.1 Å². The van der Waals surface area contributed by atoms with Crippen LogP contribution < -0.4 is 14.8 Å². The summed E-state index contributed by atoms with van der Waals surface area (Å²) in [4.78, 5) is 14.4. The second-order valence-corrected chi connectivity index (χ2v) is 6.83. The van der Waals surface area contributed by atoms with Gasteiger partial charge in [-0.1, -0.05) is 0 Å². The molecule has 0 unspecified atom stereocenters. The molecule has 3 heterocycles. The van der Waals surface area contributed by atoms with E-state index in [0.29, 0.717) is 31.1 Å². The van der Waals surface area contributed by atoms with E-state index in [2.05, 4.69) is 5.32 Å². The summed E-state index contributed by atoms with van der Waals surface area (Å²) in [7, 11) is 3.23. The highest BCUT2D eigenvalue weighted by Crippen LogP contribution is 2.32. The first-order valence-corrected chi connectivity index (χ1v) is 9.52. The fraction of sp³-hybridized carbons (Fsp3) is 0.333. The minimum absolute atomic E-state index is 0.108. The van der Waals surface area contributed by atoms with Crippen LogP contribution in [0.25, 0.3) is 11.3 Å². The number of hydrogen-bond donors (Lipinski definition) is 1. The van der Waals surface area contributed by atoms with Crippen LogP contribution in [0.1, 0.15) is 17.9 Å². The Morgan fingerprint density at radius 1 is 1.17 bits per heavy atom. The molecule has 1 aliphatic rings. The van der Waals surface area contributed by atoms with Crippen molar-refractivity contribution < 1.29 is 18.7 Å². The predicted octanol–water partition coefficient (Wildman–Crippen LogP) is 3.28. The van der Waals surface area contributed by atoms with Crippen LogP contribution in [-0.2, 0) is 19.6 Å². The molecule has 0 aliphatic carbocycles. The van der Waals surface area contributed by atoms with E-state index in [-0.39, 0.29) is 6.03 Å². The number of aryl methyl sites for hydroxylation is 1. The molecule has 1 aliphatic heterocycles. The van der Waals surface area contributed by atoms with Gasteiger partial charge in [0.25, 0.3) is 0 Å². The van der Waals surface area contributed by atoms with Gasteiger partial charge in [-0.25, -0.2) is 4.79 Å². The fourth-order valence-corrected chi connectivity index (χ4v) is 3.46. The quantitative estimate of drug-likeness (QED) is 0.716. The molecule has 0 radical (unpaired) electrons. The monoisotopic (exact) mass is 396 g/mol. The molecule has 1 N–H and O–H groups in total. The molecule has 0 bridgehead atoms. The van der Waals surface area contributed by atoms with E-state index in [1.165, 1.54) is 0 Å². The Hall–Kier alpha value is -3.42. The van der Waals surface area contributed by atoms with Crippen LogP contribution in [0.5, 0.6) is 11.5 Å². The van der Waals surface area contributed by atoms with Crippen molar-refractivity contribution in [1.29, 1.82) is 0 Å². The molecule has 29 heavy (non-hydrogen) atoms. The lowest BCUT2D eigenvalue weighted by atomic mass is 10.1. The molecule has 8 heteroatoms. The van der Waals surface area contributed by atoms with E-state index in [4.69, 9.17) is 19.0 Å². The zero-order valence-corrected chi connectivity index (χ0v) is 16.6. The Morgan fingerprint density at radius 2 is 2.03 bits per heavy atom. The smallest absolute Gasteiger partial charge is 0.318 e. The summed E-state index contributed by atoms with van der Waals surface area (Å²) in [6.07, 6.45) is 2.44. The number of carbonyl (C=O) groups is 1.